The zero-order valence-electron chi connectivity index (χ0n) is 5.77. The predicted octanol–water partition coefficient (Wildman–Crippen LogP) is 2.42. The van der Waals surface area contributed by atoms with Gasteiger partial charge >= 0.3 is 0 Å². The summed E-state index contributed by atoms with van der Waals surface area (Å²) >= 11 is 5.31. The maximum Gasteiger partial charge on any atom is 0.138 e. The second-order valence-electron chi connectivity index (χ2n) is 1.92. The van der Waals surface area contributed by atoms with Crippen molar-refractivity contribution in [2.24, 2.45) is 0 Å². The SMILES string of the molecule is Fc1ccccc1C#CCCl. The first-order chi connectivity index (χ1) is 5.34. The van der Waals surface area contributed by atoms with Crippen LogP contribution >= 0.6 is 11.6 Å². The van der Waals surface area contributed by atoms with E-state index < -0.39 is 0 Å². The van der Waals surface area contributed by atoms with Gasteiger partial charge in [0.25, 0.3) is 0 Å². The molecule has 1 aromatic carbocycles. The van der Waals surface area contributed by atoms with E-state index in [1.54, 1.807) is 18.2 Å². The molecule has 0 aliphatic carbocycles. The third-order valence-electron chi connectivity index (χ3n) is 1.16. The average Bonchev–Trinajstić information content (AvgIpc) is 2.03. The van der Waals surface area contributed by atoms with Crippen LogP contribution in [0.15, 0.2) is 24.3 Å². The van der Waals surface area contributed by atoms with Gasteiger partial charge < -0.3 is 0 Å². The highest BCUT2D eigenvalue weighted by atomic mass is 35.5. The second kappa shape index (κ2) is 4.00. The minimum absolute atomic E-state index is 0.230. The van der Waals surface area contributed by atoms with E-state index in [-0.39, 0.29) is 11.7 Å². The van der Waals surface area contributed by atoms with Crippen molar-refractivity contribution in [1.82, 2.24) is 0 Å². The van der Waals surface area contributed by atoms with Gasteiger partial charge in [0, 0.05) is 0 Å². The average molecular weight is 169 g/mol. The first kappa shape index (κ1) is 8.10. The van der Waals surface area contributed by atoms with Crippen molar-refractivity contribution < 1.29 is 4.39 Å². The highest BCUT2D eigenvalue weighted by Crippen LogP contribution is 2.03. The van der Waals surface area contributed by atoms with Gasteiger partial charge in [-0.25, -0.2) is 4.39 Å². The summed E-state index contributed by atoms with van der Waals surface area (Å²) in [7, 11) is 0. The predicted molar refractivity (Wildman–Crippen MR) is 44.0 cm³/mol. The molecule has 0 fully saturated rings. The topological polar surface area (TPSA) is 0 Å². The van der Waals surface area contributed by atoms with Gasteiger partial charge in [-0.05, 0) is 12.1 Å². The normalized spacial score (nSPS) is 8.55. The van der Waals surface area contributed by atoms with Crippen molar-refractivity contribution in [3.8, 4) is 11.8 Å². The minimum atomic E-state index is -0.301. The lowest BCUT2D eigenvalue weighted by atomic mass is 10.2. The molecule has 2 heteroatoms. The van der Waals surface area contributed by atoms with Crippen molar-refractivity contribution >= 4 is 11.6 Å². The molecule has 0 amide bonds. The van der Waals surface area contributed by atoms with Crippen molar-refractivity contribution in [2.75, 3.05) is 5.88 Å². The Balaban J connectivity index is 2.95. The van der Waals surface area contributed by atoms with Crippen LogP contribution in [-0.2, 0) is 0 Å². The summed E-state index contributed by atoms with van der Waals surface area (Å²) in [5.74, 6) is 5.12. The molecular formula is C9H6ClF. The molecule has 0 nitrogen and oxygen atoms in total. The van der Waals surface area contributed by atoms with Gasteiger partial charge in [-0.2, -0.15) is 0 Å². The van der Waals surface area contributed by atoms with Crippen LogP contribution in [0.1, 0.15) is 5.56 Å². The lowest BCUT2D eigenvalue weighted by Gasteiger charge is -1.89. The van der Waals surface area contributed by atoms with E-state index >= 15 is 0 Å². The molecule has 1 aromatic rings. The molecule has 0 N–H and O–H groups in total. The first-order valence-corrected chi connectivity index (χ1v) is 3.67. The van der Waals surface area contributed by atoms with E-state index in [4.69, 9.17) is 11.6 Å². The number of halogens is 2. The Kier molecular flexibility index (Phi) is 2.95. The van der Waals surface area contributed by atoms with Gasteiger partial charge in [0.05, 0.1) is 11.4 Å². The summed E-state index contributed by atoms with van der Waals surface area (Å²) < 4.78 is 12.8. The molecule has 0 heterocycles. The zero-order valence-corrected chi connectivity index (χ0v) is 6.53. The Morgan fingerprint density at radius 1 is 1.36 bits per heavy atom. The second-order valence-corrected chi connectivity index (χ2v) is 2.18. The van der Waals surface area contributed by atoms with Crippen molar-refractivity contribution in [3.63, 3.8) is 0 Å². The summed E-state index contributed by atoms with van der Waals surface area (Å²) in [4.78, 5) is 0. The molecule has 0 aliphatic rings. The van der Waals surface area contributed by atoms with Gasteiger partial charge in [-0.1, -0.05) is 24.0 Å². The fraction of sp³-hybridized carbons (Fsp3) is 0.111. The minimum Gasteiger partial charge on any atom is -0.206 e. The largest absolute Gasteiger partial charge is 0.206 e. The molecule has 11 heavy (non-hydrogen) atoms. The van der Waals surface area contributed by atoms with E-state index in [0.29, 0.717) is 5.56 Å². The standard InChI is InChI=1S/C9H6ClF/c10-7-3-5-8-4-1-2-6-9(8)11/h1-2,4,6H,7H2. The van der Waals surface area contributed by atoms with Crippen molar-refractivity contribution in [1.29, 1.82) is 0 Å². The lowest BCUT2D eigenvalue weighted by Crippen LogP contribution is -1.80. The molecule has 0 saturated carbocycles. The fourth-order valence-corrected chi connectivity index (χ4v) is 0.758. The van der Waals surface area contributed by atoms with Crippen LogP contribution < -0.4 is 0 Å². The Hall–Kier alpha value is -1.00. The number of rotatable bonds is 0. The van der Waals surface area contributed by atoms with Gasteiger partial charge in [-0.3, -0.25) is 0 Å². The van der Waals surface area contributed by atoms with Gasteiger partial charge in [0.2, 0.25) is 0 Å². The highest BCUT2D eigenvalue weighted by Gasteiger charge is 1.93. The van der Waals surface area contributed by atoms with Gasteiger partial charge in [0.15, 0.2) is 0 Å². The lowest BCUT2D eigenvalue weighted by molar-refractivity contribution is 0.624. The van der Waals surface area contributed by atoms with Gasteiger partial charge in [0.1, 0.15) is 5.82 Å². The smallest absolute Gasteiger partial charge is 0.138 e. The zero-order chi connectivity index (χ0) is 8.10. The summed E-state index contributed by atoms with van der Waals surface area (Å²) in [5, 5.41) is 0. The molecule has 0 spiro atoms. The van der Waals surface area contributed by atoms with E-state index in [9.17, 15) is 4.39 Å². The van der Waals surface area contributed by atoms with Crippen LogP contribution in [0, 0.1) is 17.7 Å². The molecule has 0 radical (unpaired) electrons. The van der Waals surface area contributed by atoms with E-state index in [2.05, 4.69) is 11.8 Å². The summed E-state index contributed by atoms with van der Waals surface area (Å²) in [6.45, 7) is 0. The molecular weight excluding hydrogens is 163 g/mol. The Labute approximate surface area is 70.0 Å². The Morgan fingerprint density at radius 3 is 2.73 bits per heavy atom. The third kappa shape index (κ3) is 2.25. The maximum atomic E-state index is 12.8. The fourth-order valence-electron chi connectivity index (χ4n) is 0.691. The van der Waals surface area contributed by atoms with Gasteiger partial charge in [-0.15, -0.1) is 11.6 Å². The molecule has 0 saturated heterocycles. The number of benzene rings is 1. The molecule has 0 bridgehead atoms. The van der Waals surface area contributed by atoms with Crippen LogP contribution in [0.25, 0.3) is 0 Å². The number of alkyl halides is 1. The third-order valence-corrected chi connectivity index (χ3v) is 1.30. The van der Waals surface area contributed by atoms with Crippen LogP contribution in [0.5, 0.6) is 0 Å². The van der Waals surface area contributed by atoms with E-state index in [1.165, 1.54) is 6.07 Å². The summed E-state index contributed by atoms with van der Waals surface area (Å²) in [6.07, 6.45) is 0. The molecule has 56 valence electrons. The van der Waals surface area contributed by atoms with Crippen molar-refractivity contribution in [3.05, 3.63) is 35.6 Å². The highest BCUT2D eigenvalue weighted by molar-refractivity contribution is 6.19. The summed E-state index contributed by atoms with van der Waals surface area (Å²) in [5.41, 5.74) is 0.396. The van der Waals surface area contributed by atoms with Crippen LogP contribution in [0.4, 0.5) is 4.39 Å². The van der Waals surface area contributed by atoms with Crippen molar-refractivity contribution in [2.45, 2.75) is 0 Å². The molecule has 0 aromatic heterocycles. The molecule has 0 aliphatic heterocycles. The first-order valence-electron chi connectivity index (χ1n) is 3.14. The van der Waals surface area contributed by atoms with E-state index in [0.717, 1.165) is 0 Å². The number of hydrogen-bond acceptors (Lipinski definition) is 0. The van der Waals surface area contributed by atoms with Crippen LogP contribution in [0.3, 0.4) is 0 Å². The quantitative estimate of drug-likeness (QED) is 0.412. The Bertz CT molecular complexity index is 296. The maximum absolute atomic E-state index is 12.8. The summed E-state index contributed by atoms with van der Waals surface area (Å²) in [6, 6.07) is 6.36. The van der Waals surface area contributed by atoms with Crippen LogP contribution in [0.2, 0.25) is 0 Å². The molecule has 0 unspecified atom stereocenters. The Morgan fingerprint density at radius 2 is 2.09 bits per heavy atom. The van der Waals surface area contributed by atoms with E-state index in [1.807, 2.05) is 0 Å². The van der Waals surface area contributed by atoms with Crippen LogP contribution in [-0.4, -0.2) is 5.88 Å². The molecule has 0 atom stereocenters. The number of hydrogen-bond donors (Lipinski definition) is 0. The monoisotopic (exact) mass is 168 g/mol. The molecule has 1 rings (SSSR count).